The Labute approximate surface area is 124 Å². The molecule has 2 unspecified atom stereocenters. The van der Waals surface area contributed by atoms with Crippen molar-refractivity contribution in [2.75, 3.05) is 6.54 Å². The highest BCUT2D eigenvalue weighted by Gasteiger charge is 2.36. The molecular formula is C16H22N2O3. The number of rotatable bonds is 7. The van der Waals surface area contributed by atoms with Gasteiger partial charge in [0.25, 0.3) is 0 Å². The molecule has 0 aromatic heterocycles. The van der Waals surface area contributed by atoms with Gasteiger partial charge in [0, 0.05) is 18.6 Å². The van der Waals surface area contributed by atoms with Gasteiger partial charge in [-0.15, -0.1) is 0 Å². The van der Waals surface area contributed by atoms with Crippen LogP contribution in [0.3, 0.4) is 0 Å². The van der Waals surface area contributed by atoms with E-state index < -0.39 is 5.97 Å². The van der Waals surface area contributed by atoms with Gasteiger partial charge in [-0.05, 0) is 18.4 Å². The largest absolute Gasteiger partial charge is 0.481 e. The van der Waals surface area contributed by atoms with Crippen LogP contribution in [0.2, 0.25) is 0 Å². The maximum Gasteiger partial charge on any atom is 0.305 e. The third kappa shape index (κ3) is 4.04. The van der Waals surface area contributed by atoms with Gasteiger partial charge in [0.15, 0.2) is 0 Å². The highest BCUT2D eigenvalue weighted by Crippen LogP contribution is 2.30. The maximum atomic E-state index is 12.6. The monoisotopic (exact) mass is 290 g/mol. The molecule has 0 heterocycles. The molecule has 1 saturated carbocycles. The molecule has 3 N–H and O–H groups in total. The van der Waals surface area contributed by atoms with Crippen LogP contribution in [0.4, 0.5) is 0 Å². The molecule has 1 aliphatic rings. The molecule has 0 radical (unpaired) electrons. The summed E-state index contributed by atoms with van der Waals surface area (Å²) in [5.41, 5.74) is 7.11. The summed E-state index contributed by atoms with van der Waals surface area (Å²) in [4.78, 5) is 25.0. The molecule has 5 heteroatoms. The molecule has 5 nitrogen and oxygen atoms in total. The summed E-state index contributed by atoms with van der Waals surface area (Å²) >= 11 is 0. The average Bonchev–Trinajstić information content (AvgIpc) is 3.31. The minimum absolute atomic E-state index is 0.0183. The Hall–Kier alpha value is -1.88. The van der Waals surface area contributed by atoms with Crippen molar-refractivity contribution in [2.45, 2.75) is 38.3 Å². The van der Waals surface area contributed by atoms with E-state index in [1.807, 2.05) is 37.3 Å². The van der Waals surface area contributed by atoms with Crippen LogP contribution in [0, 0.1) is 5.92 Å². The van der Waals surface area contributed by atoms with E-state index in [4.69, 9.17) is 10.8 Å². The highest BCUT2D eigenvalue weighted by molar-refractivity contribution is 5.80. The number of carbonyl (C=O) groups is 2. The van der Waals surface area contributed by atoms with Crippen LogP contribution in [0.15, 0.2) is 30.3 Å². The van der Waals surface area contributed by atoms with Crippen LogP contribution in [-0.2, 0) is 9.59 Å². The minimum Gasteiger partial charge on any atom is -0.481 e. The molecule has 0 bridgehead atoms. The lowest BCUT2D eigenvalue weighted by atomic mass is 9.94. The number of benzene rings is 1. The Morgan fingerprint density at radius 3 is 2.48 bits per heavy atom. The zero-order valence-electron chi connectivity index (χ0n) is 12.2. The molecule has 1 aromatic carbocycles. The molecule has 1 amide bonds. The lowest BCUT2D eigenvalue weighted by molar-refractivity contribution is -0.140. The first-order chi connectivity index (χ1) is 10.0. The Bertz CT molecular complexity index is 500. The number of nitrogens with two attached hydrogens (primary N) is 1. The zero-order chi connectivity index (χ0) is 15.4. The van der Waals surface area contributed by atoms with Gasteiger partial charge in [-0.2, -0.15) is 0 Å². The second-order valence-electron chi connectivity index (χ2n) is 5.63. The van der Waals surface area contributed by atoms with Gasteiger partial charge in [0.1, 0.15) is 0 Å². The molecule has 0 spiro atoms. The van der Waals surface area contributed by atoms with E-state index in [1.165, 1.54) is 0 Å². The van der Waals surface area contributed by atoms with Crippen LogP contribution in [-0.4, -0.2) is 34.5 Å². The summed E-state index contributed by atoms with van der Waals surface area (Å²) in [5, 5.41) is 8.81. The second-order valence-corrected chi connectivity index (χ2v) is 5.63. The standard InChI is InChI=1S/C16H22N2O3/c1-11(15(17)12-5-3-2-4-6-12)16(21)18(13-7-8-13)10-9-14(19)20/h2-6,11,13,15H,7-10,17H2,1H3,(H,19,20). The number of hydrogen-bond donors (Lipinski definition) is 2. The van der Waals surface area contributed by atoms with Crippen molar-refractivity contribution in [2.24, 2.45) is 11.7 Å². The van der Waals surface area contributed by atoms with Crippen molar-refractivity contribution in [3.63, 3.8) is 0 Å². The molecule has 2 atom stereocenters. The van der Waals surface area contributed by atoms with Crippen LogP contribution in [0.1, 0.15) is 37.8 Å². The number of hydrogen-bond acceptors (Lipinski definition) is 3. The number of carbonyl (C=O) groups excluding carboxylic acids is 1. The molecule has 1 aromatic rings. The Kier molecular flexibility index (Phi) is 4.96. The Morgan fingerprint density at radius 1 is 1.33 bits per heavy atom. The van der Waals surface area contributed by atoms with Crippen LogP contribution < -0.4 is 5.73 Å². The first-order valence-corrected chi connectivity index (χ1v) is 7.33. The van der Waals surface area contributed by atoms with E-state index in [-0.39, 0.29) is 36.9 Å². The van der Waals surface area contributed by atoms with Gasteiger partial charge in [0.2, 0.25) is 5.91 Å². The molecule has 0 aliphatic heterocycles. The van der Waals surface area contributed by atoms with Gasteiger partial charge in [-0.1, -0.05) is 37.3 Å². The van der Waals surface area contributed by atoms with Gasteiger partial charge in [0.05, 0.1) is 12.3 Å². The SMILES string of the molecule is CC(C(=O)N(CCC(=O)O)C1CC1)C(N)c1ccccc1. The molecule has 114 valence electrons. The van der Waals surface area contributed by atoms with Gasteiger partial charge in [-0.25, -0.2) is 0 Å². The van der Waals surface area contributed by atoms with E-state index in [9.17, 15) is 9.59 Å². The fourth-order valence-corrected chi connectivity index (χ4v) is 2.45. The van der Waals surface area contributed by atoms with Crippen LogP contribution in [0.5, 0.6) is 0 Å². The molecular weight excluding hydrogens is 268 g/mol. The smallest absolute Gasteiger partial charge is 0.305 e. The highest BCUT2D eigenvalue weighted by atomic mass is 16.4. The van der Waals surface area contributed by atoms with Gasteiger partial charge < -0.3 is 15.7 Å². The Morgan fingerprint density at radius 2 is 1.95 bits per heavy atom. The van der Waals surface area contributed by atoms with Crippen LogP contribution >= 0.6 is 0 Å². The molecule has 0 saturated heterocycles. The molecule has 1 aliphatic carbocycles. The Balaban J connectivity index is 2.03. The van der Waals surface area contributed by atoms with Gasteiger partial charge >= 0.3 is 5.97 Å². The maximum absolute atomic E-state index is 12.6. The first-order valence-electron chi connectivity index (χ1n) is 7.33. The summed E-state index contributed by atoms with van der Waals surface area (Å²) in [6.07, 6.45) is 1.90. The lowest BCUT2D eigenvalue weighted by Crippen LogP contribution is -2.41. The molecule has 2 rings (SSSR count). The quantitative estimate of drug-likeness (QED) is 0.802. The molecule has 21 heavy (non-hydrogen) atoms. The van der Waals surface area contributed by atoms with Crippen LogP contribution in [0.25, 0.3) is 0 Å². The number of aliphatic carboxylic acids is 1. The van der Waals surface area contributed by atoms with Crippen molar-refractivity contribution in [1.29, 1.82) is 0 Å². The van der Waals surface area contributed by atoms with E-state index in [0.29, 0.717) is 0 Å². The zero-order valence-corrected chi connectivity index (χ0v) is 12.2. The van der Waals surface area contributed by atoms with Gasteiger partial charge in [-0.3, -0.25) is 9.59 Å². The van der Waals surface area contributed by atoms with Crippen molar-refractivity contribution in [1.82, 2.24) is 4.90 Å². The predicted octanol–water partition coefficient (Wildman–Crippen LogP) is 1.79. The lowest BCUT2D eigenvalue weighted by Gasteiger charge is -2.28. The van der Waals surface area contributed by atoms with Crippen molar-refractivity contribution in [3.05, 3.63) is 35.9 Å². The predicted molar refractivity (Wildman–Crippen MR) is 79.5 cm³/mol. The van der Waals surface area contributed by atoms with E-state index in [0.717, 1.165) is 18.4 Å². The topological polar surface area (TPSA) is 83.6 Å². The number of nitrogens with zero attached hydrogens (tertiary/aromatic N) is 1. The van der Waals surface area contributed by atoms with E-state index in [2.05, 4.69) is 0 Å². The van der Waals surface area contributed by atoms with E-state index >= 15 is 0 Å². The second kappa shape index (κ2) is 6.72. The summed E-state index contributed by atoms with van der Waals surface area (Å²) in [6.45, 7) is 2.08. The summed E-state index contributed by atoms with van der Waals surface area (Å²) < 4.78 is 0. The van der Waals surface area contributed by atoms with Crippen molar-refractivity contribution in [3.8, 4) is 0 Å². The fourth-order valence-electron chi connectivity index (χ4n) is 2.45. The third-order valence-electron chi connectivity index (χ3n) is 3.95. The summed E-state index contributed by atoms with van der Waals surface area (Å²) in [6, 6.07) is 9.35. The summed E-state index contributed by atoms with van der Waals surface area (Å²) in [5.74, 6) is -1.29. The van der Waals surface area contributed by atoms with Crippen molar-refractivity contribution >= 4 is 11.9 Å². The van der Waals surface area contributed by atoms with Crippen molar-refractivity contribution < 1.29 is 14.7 Å². The number of carboxylic acid groups (broad SMARTS) is 1. The average molecular weight is 290 g/mol. The number of amides is 1. The first kappa shape index (κ1) is 15.5. The normalized spacial score (nSPS) is 17.0. The third-order valence-corrected chi connectivity index (χ3v) is 3.95. The summed E-state index contributed by atoms with van der Waals surface area (Å²) in [7, 11) is 0. The van der Waals surface area contributed by atoms with E-state index in [1.54, 1.807) is 4.90 Å². The molecule has 1 fully saturated rings. The number of carboxylic acids is 1. The fraction of sp³-hybridized carbons (Fsp3) is 0.500. The minimum atomic E-state index is -0.881.